The van der Waals surface area contributed by atoms with Gasteiger partial charge in [-0.05, 0) is 38.1 Å². The maximum absolute atomic E-state index is 12.8. The molecule has 3 rings (SSSR count). The number of carbonyl (C=O) groups is 1. The molecule has 0 radical (unpaired) electrons. The van der Waals surface area contributed by atoms with E-state index in [-0.39, 0.29) is 17.3 Å². The first kappa shape index (κ1) is 17.4. The second kappa shape index (κ2) is 6.83. The zero-order chi connectivity index (χ0) is 18.0. The van der Waals surface area contributed by atoms with Crippen LogP contribution in [0.3, 0.4) is 0 Å². The van der Waals surface area contributed by atoms with E-state index in [2.05, 4.69) is 10.1 Å². The van der Waals surface area contributed by atoms with E-state index < -0.39 is 17.7 Å². The summed E-state index contributed by atoms with van der Waals surface area (Å²) in [5.41, 5.74) is -0.540. The number of carboxylic acids is 1. The summed E-state index contributed by atoms with van der Waals surface area (Å²) in [4.78, 5) is 17.1. The third-order valence-corrected chi connectivity index (χ3v) is 4.21. The van der Waals surface area contributed by atoms with E-state index in [9.17, 15) is 18.0 Å². The first-order valence-corrected chi connectivity index (χ1v) is 7.78. The molecule has 134 valence electrons. The van der Waals surface area contributed by atoms with E-state index in [1.807, 2.05) is 4.90 Å². The Labute approximate surface area is 141 Å². The van der Waals surface area contributed by atoms with Gasteiger partial charge in [0, 0.05) is 5.56 Å². The van der Waals surface area contributed by atoms with Gasteiger partial charge in [0.05, 0.1) is 18.0 Å². The lowest BCUT2D eigenvalue weighted by atomic mass is 9.97. The lowest BCUT2D eigenvalue weighted by Crippen LogP contribution is -2.35. The lowest BCUT2D eigenvalue weighted by Gasteiger charge is -2.28. The molecule has 1 aromatic heterocycles. The van der Waals surface area contributed by atoms with Crippen molar-refractivity contribution < 1.29 is 27.6 Å². The van der Waals surface area contributed by atoms with Gasteiger partial charge in [0.25, 0.3) is 0 Å². The third kappa shape index (κ3) is 4.16. The number of hydrogen-bond acceptors (Lipinski definition) is 5. The van der Waals surface area contributed by atoms with Gasteiger partial charge in [-0.15, -0.1) is 0 Å². The number of aromatic nitrogens is 2. The highest BCUT2D eigenvalue weighted by atomic mass is 19.4. The molecule has 1 aromatic carbocycles. The lowest BCUT2D eigenvalue weighted by molar-refractivity contribution is -0.143. The van der Waals surface area contributed by atoms with Crippen LogP contribution < -0.4 is 0 Å². The maximum Gasteiger partial charge on any atom is 0.416 e. The van der Waals surface area contributed by atoms with Crippen molar-refractivity contribution in [2.24, 2.45) is 5.92 Å². The summed E-state index contributed by atoms with van der Waals surface area (Å²) in [6.45, 7) is 1.54. The number of alkyl halides is 3. The Bertz CT molecular complexity index is 752. The molecule has 0 spiro atoms. The van der Waals surface area contributed by atoms with Crippen LogP contribution in [0.5, 0.6) is 0 Å². The highest BCUT2D eigenvalue weighted by molar-refractivity contribution is 5.70. The maximum atomic E-state index is 12.8. The minimum Gasteiger partial charge on any atom is -0.481 e. The third-order valence-electron chi connectivity index (χ3n) is 4.21. The number of carboxylic acid groups (broad SMARTS) is 1. The van der Waals surface area contributed by atoms with Crippen LogP contribution in [0.4, 0.5) is 13.2 Å². The van der Waals surface area contributed by atoms with E-state index in [1.165, 1.54) is 12.1 Å². The molecule has 1 aliphatic heterocycles. The van der Waals surface area contributed by atoms with Gasteiger partial charge in [-0.2, -0.15) is 18.2 Å². The molecule has 2 heterocycles. The zero-order valence-corrected chi connectivity index (χ0v) is 13.2. The van der Waals surface area contributed by atoms with Crippen molar-refractivity contribution in [1.82, 2.24) is 15.0 Å². The number of piperidine rings is 1. The summed E-state index contributed by atoms with van der Waals surface area (Å²) >= 11 is 0. The summed E-state index contributed by atoms with van der Waals surface area (Å²) in [6, 6.07) is 4.75. The molecule has 0 amide bonds. The molecular formula is C16H16F3N3O3. The van der Waals surface area contributed by atoms with Gasteiger partial charge in [-0.25, -0.2) is 0 Å². The van der Waals surface area contributed by atoms with Crippen LogP contribution in [0.1, 0.15) is 24.3 Å². The summed E-state index contributed by atoms with van der Waals surface area (Å²) in [5.74, 6) is -0.730. The van der Waals surface area contributed by atoms with Crippen LogP contribution >= 0.6 is 0 Å². The van der Waals surface area contributed by atoms with Crippen LogP contribution in [0.2, 0.25) is 0 Å². The number of hydrogen-bond donors (Lipinski definition) is 1. The fraction of sp³-hybridized carbons (Fsp3) is 0.438. The Balaban J connectivity index is 1.66. The number of aliphatic carboxylic acids is 1. The standard InChI is InChI=1S/C16H16F3N3O3/c17-16(18,19)12-3-1-2-11(8-12)14-20-13(25-21-14)9-22-6-4-10(5-7-22)15(23)24/h1-3,8,10H,4-7,9H2,(H,23,24). The molecular weight excluding hydrogens is 339 g/mol. The predicted octanol–water partition coefficient (Wildman–Crippen LogP) is 3.05. The Morgan fingerprint density at radius 1 is 1.32 bits per heavy atom. The van der Waals surface area contributed by atoms with Gasteiger partial charge in [-0.3, -0.25) is 9.69 Å². The molecule has 2 aromatic rings. The predicted molar refractivity (Wildman–Crippen MR) is 80.4 cm³/mol. The number of nitrogens with zero attached hydrogens (tertiary/aromatic N) is 3. The Kier molecular flexibility index (Phi) is 4.76. The van der Waals surface area contributed by atoms with Gasteiger partial charge in [0.1, 0.15) is 0 Å². The fourth-order valence-electron chi connectivity index (χ4n) is 2.80. The molecule has 0 unspecified atom stereocenters. The number of likely N-dealkylation sites (tertiary alicyclic amines) is 1. The van der Waals surface area contributed by atoms with Gasteiger partial charge >= 0.3 is 12.1 Å². The van der Waals surface area contributed by atoms with E-state index in [4.69, 9.17) is 9.63 Å². The molecule has 25 heavy (non-hydrogen) atoms. The molecule has 1 fully saturated rings. The normalized spacial score (nSPS) is 16.9. The summed E-state index contributed by atoms with van der Waals surface area (Å²) in [6.07, 6.45) is -3.34. The van der Waals surface area contributed by atoms with Crippen molar-refractivity contribution in [3.05, 3.63) is 35.7 Å². The van der Waals surface area contributed by atoms with Gasteiger partial charge in [-0.1, -0.05) is 17.3 Å². The molecule has 0 bridgehead atoms. The molecule has 1 saturated heterocycles. The SMILES string of the molecule is O=C(O)C1CCN(Cc2nc(-c3cccc(C(F)(F)F)c3)no2)CC1. The minimum atomic E-state index is -4.43. The molecule has 9 heteroatoms. The first-order valence-electron chi connectivity index (χ1n) is 7.78. The van der Waals surface area contributed by atoms with Gasteiger partial charge < -0.3 is 9.63 Å². The van der Waals surface area contributed by atoms with Crippen LogP contribution in [0, 0.1) is 5.92 Å². The van der Waals surface area contributed by atoms with Crippen molar-refractivity contribution in [1.29, 1.82) is 0 Å². The summed E-state index contributed by atoms with van der Waals surface area (Å²) in [5, 5.41) is 12.7. The smallest absolute Gasteiger partial charge is 0.416 e. The second-order valence-electron chi connectivity index (χ2n) is 5.98. The average molecular weight is 355 g/mol. The Hall–Kier alpha value is -2.42. The zero-order valence-electron chi connectivity index (χ0n) is 13.2. The quantitative estimate of drug-likeness (QED) is 0.908. The summed E-state index contributed by atoms with van der Waals surface area (Å²) < 4.78 is 43.4. The van der Waals surface area contributed by atoms with Crippen LogP contribution in [-0.4, -0.2) is 39.2 Å². The van der Waals surface area contributed by atoms with E-state index >= 15 is 0 Å². The molecule has 0 saturated carbocycles. The highest BCUT2D eigenvalue weighted by Crippen LogP contribution is 2.31. The van der Waals surface area contributed by atoms with E-state index in [0.29, 0.717) is 38.4 Å². The first-order chi connectivity index (χ1) is 11.8. The average Bonchev–Trinajstić information content (AvgIpc) is 3.03. The molecule has 0 aliphatic carbocycles. The van der Waals surface area contributed by atoms with E-state index in [0.717, 1.165) is 12.1 Å². The Morgan fingerprint density at radius 2 is 2.04 bits per heavy atom. The second-order valence-corrected chi connectivity index (χ2v) is 5.98. The van der Waals surface area contributed by atoms with Crippen LogP contribution in [-0.2, 0) is 17.5 Å². The number of halogens is 3. The molecule has 6 nitrogen and oxygen atoms in total. The fourth-order valence-corrected chi connectivity index (χ4v) is 2.80. The largest absolute Gasteiger partial charge is 0.481 e. The van der Waals surface area contributed by atoms with Crippen molar-refractivity contribution in [2.75, 3.05) is 13.1 Å². The van der Waals surface area contributed by atoms with Crippen molar-refractivity contribution >= 4 is 5.97 Å². The molecule has 0 atom stereocenters. The van der Waals surface area contributed by atoms with Crippen LogP contribution in [0.15, 0.2) is 28.8 Å². The number of benzene rings is 1. The summed E-state index contributed by atoms with van der Waals surface area (Å²) in [7, 11) is 0. The van der Waals surface area contributed by atoms with E-state index in [1.54, 1.807) is 0 Å². The van der Waals surface area contributed by atoms with Crippen molar-refractivity contribution in [3.8, 4) is 11.4 Å². The minimum absolute atomic E-state index is 0.0986. The van der Waals surface area contributed by atoms with Crippen molar-refractivity contribution in [2.45, 2.75) is 25.6 Å². The van der Waals surface area contributed by atoms with Crippen LogP contribution in [0.25, 0.3) is 11.4 Å². The van der Waals surface area contributed by atoms with Gasteiger partial charge in [0.15, 0.2) is 0 Å². The molecule has 1 aliphatic rings. The van der Waals surface area contributed by atoms with Gasteiger partial charge in [0.2, 0.25) is 11.7 Å². The Morgan fingerprint density at radius 3 is 2.68 bits per heavy atom. The van der Waals surface area contributed by atoms with Crippen molar-refractivity contribution in [3.63, 3.8) is 0 Å². The molecule has 1 N–H and O–H groups in total. The highest BCUT2D eigenvalue weighted by Gasteiger charge is 2.31. The topological polar surface area (TPSA) is 79.5 Å². The monoisotopic (exact) mass is 355 g/mol. The number of rotatable bonds is 4.